The lowest BCUT2D eigenvalue weighted by molar-refractivity contribution is -0.142. The molecule has 0 aromatic heterocycles. The van der Waals surface area contributed by atoms with E-state index < -0.39 is 29.6 Å². The van der Waals surface area contributed by atoms with Gasteiger partial charge >= 0.3 is 12.0 Å². The minimum absolute atomic E-state index is 0.155. The first kappa shape index (κ1) is 15.7. The molecular weight excluding hydrogens is 224 g/mol. The average molecular weight is 246 g/mol. The minimum atomic E-state index is -1.07. The second-order valence-corrected chi connectivity index (χ2v) is 5.32. The first-order valence-corrected chi connectivity index (χ1v) is 5.48. The molecule has 0 aliphatic rings. The van der Waals surface area contributed by atoms with Gasteiger partial charge in [-0.25, -0.2) is 9.59 Å². The smallest absolute Gasteiger partial charge is 0.326 e. The first-order chi connectivity index (χ1) is 7.55. The summed E-state index contributed by atoms with van der Waals surface area (Å²) in [5.74, 6) is -1.07. The fourth-order valence-electron chi connectivity index (χ4n) is 1.36. The molecule has 0 rings (SSSR count). The maximum absolute atomic E-state index is 11.7. The molecule has 0 saturated heterocycles. The van der Waals surface area contributed by atoms with Crippen LogP contribution < -0.4 is 5.32 Å². The van der Waals surface area contributed by atoms with E-state index in [4.69, 9.17) is 10.2 Å². The van der Waals surface area contributed by atoms with Gasteiger partial charge in [-0.15, -0.1) is 0 Å². The number of aliphatic carboxylic acids is 1. The number of aliphatic hydroxyl groups excluding tert-OH is 1. The Kier molecular flexibility index (Phi) is 5.41. The van der Waals surface area contributed by atoms with Crippen LogP contribution >= 0.6 is 0 Å². The summed E-state index contributed by atoms with van der Waals surface area (Å²) >= 11 is 0. The number of aliphatic hydroxyl groups is 1. The van der Waals surface area contributed by atoms with Gasteiger partial charge in [0.15, 0.2) is 0 Å². The molecule has 6 heteroatoms. The van der Waals surface area contributed by atoms with E-state index in [9.17, 15) is 9.59 Å². The van der Waals surface area contributed by atoms with Crippen molar-refractivity contribution in [1.29, 1.82) is 0 Å². The SMILES string of the molecule is CC(O)CN(C)C(=O)NC(C(=O)O)C(C)(C)C. The lowest BCUT2D eigenvalue weighted by atomic mass is 9.87. The van der Waals surface area contributed by atoms with Crippen LogP contribution in [0.1, 0.15) is 27.7 Å². The molecule has 2 atom stereocenters. The number of hydrogen-bond donors (Lipinski definition) is 3. The molecule has 0 heterocycles. The summed E-state index contributed by atoms with van der Waals surface area (Å²) in [7, 11) is 1.50. The fourth-order valence-corrected chi connectivity index (χ4v) is 1.36. The van der Waals surface area contributed by atoms with Crippen molar-refractivity contribution in [3.05, 3.63) is 0 Å². The highest BCUT2D eigenvalue weighted by atomic mass is 16.4. The van der Waals surface area contributed by atoms with Crippen molar-refractivity contribution in [1.82, 2.24) is 10.2 Å². The lowest BCUT2D eigenvalue weighted by Gasteiger charge is -2.30. The average Bonchev–Trinajstić information content (AvgIpc) is 2.09. The van der Waals surface area contributed by atoms with Gasteiger partial charge in [0.1, 0.15) is 6.04 Å². The zero-order valence-electron chi connectivity index (χ0n) is 11.0. The molecule has 0 bridgehead atoms. The summed E-state index contributed by atoms with van der Waals surface area (Å²) in [5.41, 5.74) is -0.576. The van der Waals surface area contributed by atoms with E-state index in [-0.39, 0.29) is 6.54 Å². The van der Waals surface area contributed by atoms with Gasteiger partial charge in [-0.3, -0.25) is 0 Å². The van der Waals surface area contributed by atoms with Crippen LogP contribution in [0.3, 0.4) is 0 Å². The van der Waals surface area contributed by atoms with Crippen LogP contribution in [0.25, 0.3) is 0 Å². The summed E-state index contributed by atoms with van der Waals surface area (Å²) in [6.45, 7) is 6.92. The topological polar surface area (TPSA) is 89.9 Å². The Bertz CT molecular complexity index is 284. The van der Waals surface area contributed by atoms with Crippen molar-refractivity contribution in [2.75, 3.05) is 13.6 Å². The van der Waals surface area contributed by atoms with Crippen molar-refractivity contribution in [3.63, 3.8) is 0 Å². The summed E-state index contributed by atoms with van der Waals surface area (Å²) in [5, 5.41) is 20.6. The number of carbonyl (C=O) groups is 2. The van der Waals surface area contributed by atoms with E-state index in [2.05, 4.69) is 5.32 Å². The highest BCUT2D eigenvalue weighted by Crippen LogP contribution is 2.19. The maximum Gasteiger partial charge on any atom is 0.326 e. The zero-order valence-corrected chi connectivity index (χ0v) is 11.0. The molecule has 2 amide bonds. The van der Waals surface area contributed by atoms with Gasteiger partial charge in [0.05, 0.1) is 6.10 Å². The van der Waals surface area contributed by atoms with Gasteiger partial charge in [0, 0.05) is 13.6 Å². The maximum atomic E-state index is 11.7. The molecule has 100 valence electrons. The number of nitrogens with zero attached hydrogens (tertiary/aromatic N) is 1. The van der Waals surface area contributed by atoms with Crippen molar-refractivity contribution in [2.24, 2.45) is 5.41 Å². The van der Waals surface area contributed by atoms with Crippen LogP contribution in [0.5, 0.6) is 0 Å². The molecular formula is C11H22N2O4. The largest absolute Gasteiger partial charge is 0.480 e. The number of rotatable bonds is 4. The molecule has 17 heavy (non-hydrogen) atoms. The van der Waals surface area contributed by atoms with Crippen LogP contribution in [0.15, 0.2) is 0 Å². The molecule has 2 unspecified atom stereocenters. The Morgan fingerprint density at radius 3 is 2.12 bits per heavy atom. The van der Waals surface area contributed by atoms with Crippen LogP contribution in [0.4, 0.5) is 4.79 Å². The second kappa shape index (κ2) is 5.86. The van der Waals surface area contributed by atoms with Crippen LogP contribution in [0.2, 0.25) is 0 Å². The Morgan fingerprint density at radius 2 is 1.82 bits per heavy atom. The Morgan fingerprint density at radius 1 is 1.35 bits per heavy atom. The molecule has 0 fully saturated rings. The molecule has 0 aromatic carbocycles. The van der Waals surface area contributed by atoms with Gasteiger partial charge in [-0.05, 0) is 12.3 Å². The number of nitrogens with one attached hydrogen (secondary N) is 1. The molecule has 0 radical (unpaired) electrons. The van der Waals surface area contributed by atoms with E-state index in [1.807, 2.05) is 0 Å². The third-order valence-electron chi connectivity index (χ3n) is 2.27. The van der Waals surface area contributed by atoms with Crippen molar-refractivity contribution < 1.29 is 19.8 Å². The molecule has 0 saturated carbocycles. The van der Waals surface area contributed by atoms with E-state index >= 15 is 0 Å². The number of carbonyl (C=O) groups excluding carboxylic acids is 1. The highest BCUT2D eigenvalue weighted by molar-refractivity contribution is 5.83. The monoisotopic (exact) mass is 246 g/mol. The minimum Gasteiger partial charge on any atom is -0.480 e. The van der Waals surface area contributed by atoms with E-state index in [0.29, 0.717) is 0 Å². The third kappa shape index (κ3) is 5.53. The quantitative estimate of drug-likeness (QED) is 0.674. The Labute approximate surface area is 102 Å². The van der Waals surface area contributed by atoms with Gasteiger partial charge in [0.25, 0.3) is 0 Å². The van der Waals surface area contributed by atoms with E-state index in [0.717, 1.165) is 0 Å². The third-order valence-corrected chi connectivity index (χ3v) is 2.27. The van der Waals surface area contributed by atoms with Gasteiger partial charge in [-0.1, -0.05) is 20.8 Å². The normalized spacial score (nSPS) is 14.9. The summed E-state index contributed by atoms with van der Waals surface area (Å²) in [4.78, 5) is 24.0. The molecule has 6 nitrogen and oxygen atoms in total. The van der Waals surface area contributed by atoms with Gasteiger partial charge < -0.3 is 20.4 Å². The van der Waals surface area contributed by atoms with Crippen molar-refractivity contribution >= 4 is 12.0 Å². The van der Waals surface area contributed by atoms with E-state index in [1.165, 1.54) is 11.9 Å². The number of carboxylic acids is 1. The number of amides is 2. The Hall–Kier alpha value is -1.30. The molecule has 0 aliphatic heterocycles. The van der Waals surface area contributed by atoms with Crippen LogP contribution in [0, 0.1) is 5.41 Å². The van der Waals surface area contributed by atoms with Gasteiger partial charge in [0.2, 0.25) is 0 Å². The van der Waals surface area contributed by atoms with Crippen molar-refractivity contribution in [2.45, 2.75) is 39.8 Å². The number of urea groups is 1. The first-order valence-electron chi connectivity index (χ1n) is 5.48. The lowest BCUT2D eigenvalue weighted by Crippen LogP contribution is -2.53. The number of carboxylic acid groups (broad SMARTS) is 1. The molecule has 0 aromatic rings. The predicted molar refractivity (Wildman–Crippen MR) is 63.7 cm³/mol. The van der Waals surface area contributed by atoms with Gasteiger partial charge in [-0.2, -0.15) is 0 Å². The molecule has 0 aliphatic carbocycles. The standard InChI is InChI=1S/C11H22N2O4/c1-7(14)6-13(5)10(17)12-8(9(15)16)11(2,3)4/h7-8,14H,6H2,1-5H3,(H,12,17)(H,15,16). The van der Waals surface area contributed by atoms with Crippen molar-refractivity contribution in [3.8, 4) is 0 Å². The summed E-state index contributed by atoms with van der Waals surface area (Å²) < 4.78 is 0. The molecule has 0 spiro atoms. The van der Waals surface area contributed by atoms with E-state index in [1.54, 1.807) is 27.7 Å². The summed E-state index contributed by atoms with van der Waals surface area (Å²) in [6, 6.07) is -1.47. The zero-order chi connectivity index (χ0) is 13.8. The highest BCUT2D eigenvalue weighted by Gasteiger charge is 2.33. The number of hydrogen-bond acceptors (Lipinski definition) is 3. The van der Waals surface area contributed by atoms with Crippen LogP contribution in [-0.2, 0) is 4.79 Å². The fraction of sp³-hybridized carbons (Fsp3) is 0.818. The predicted octanol–water partition coefficient (Wildman–Crippen LogP) is 0.508. The van der Waals surface area contributed by atoms with Crippen LogP contribution in [-0.4, -0.2) is 52.9 Å². The second-order valence-electron chi connectivity index (χ2n) is 5.32. The number of likely N-dealkylation sites (N-methyl/N-ethyl adjacent to an activating group) is 1. The summed E-state index contributed by atoms with van der Waals surface area (Å²) in [6.07, 6.45) is -0.649. The molecule has 3 N–H and O–H groups in total. The Balaban J connectivity index is 4.58.